The Morgan fingerprint density at radius 2 is 2.05 bits per heavy atom. The lowest BCUT2D eigenvalue weighted by Crippen LogP contribution is -2.16. The maximum Gasteiger partial charge on any atom is 0.176 e. The molecule has 0 amide bonds. The lowest BCUT2D eigenvalue weighted by molar-refractivity contribution is 0.0988. The van der Waals surface area contributed by atoms with Crippen LogP contribution >= 0.6 is 23.3 Å². The summed E-state index contributed by atoms with van der Waals surface area (Å²) in [6.45, 7) is 4.06. The second kappa shape index (κ2) is 6.82. The minimum Gasteiger partial charge on any atom is -0.293 e. The van der Waals surface area contributed by atoms with Crippen molar-refractivity contribution in [3.8, 4) is 0 Å². The summed E-state index contributed by atoms with van der Waals surface area (Å²) >= 11 is 2.90. The number of carbonyl (C=O) groups excluding carboxylic acids is 1. The van der Waals surface area contributed by atoms with Crippen LogP contribution < -0.4 is 0 Å². The van der Waals surface area contributed by atoms with Crippen molar-refractivity contribution in [1.29, 1.82) is 0 Å². The highest BCUT2D eigenvalue weighted by molar-refractivity contribution is 8.02. The largest absolute Gasteiger partial charge is 0.293 e. The number of thioether (sulfide) groups is 1. The van der Waals surface area contributed by atoms with Gasteiger partial charge in [-0.15, -0.1) is 0 Å². The van der Waals surface area contributed by atoms with Crippen LogP contribution in [0.15, 0.2) is 34.7 Å². The van der Waals surface area contributed by atoms with Gasteiger partial charge in [-0.2, -0.15) is 4.37 Å². The molecule has 5 heteroatoms. The minimum atomic E-state index is -0.0833. The molecule has 2 aromatic rings. The number of aromatic nitrogens is 2. The van der Waals surface area contributed by atoms with E-state index in [0.29, 0.717) is 0 Å². The van der Waals surface area contributed by atoms with Gasteiger partial charge in [0, 0.05) is 12.0 Å². The van der Waals surface area contributed by atoms with Crippen molar-refractivity contribution >= 4 is 29.1 Å². The molecule has 2 rings (SSSR count). The van der Waals surface area contributed by atoms with E-state index in [4.69, 9.17) is 0 Å². The summed E-state index contributed by atoms with van der Waals surface area (Å²) in [5, 5.41) is -0.0833. The molecule has 0 aliphatic heterocycles. The predicted molar refractivity (Wildman–Crippen MR) is 80.0 cm³/mol. The van der Waals surface area contributed by atoms with Gasteiger partial charge in [-0.25, -0.2) is 4.98 Å². The molecule has 0 radical (unpaired) electrons. The molecule has 1 aromatic heterocycles. The molecule has 19 heavy (non-hydrogen) atoms. The van der Waals surface area contributed by atoms with E-state index in [0.717, 1.165) is 28.6 Å². The third-order valence-corrected chi connectivity index (χ3v) is 4.92. The number of rotatable bonds is 6. The van der Waals surface area contributed by atoms with E-state index in [9.17, 15) is 4.79 Å². The molecule has 0 saturated carbocycles. The first-order chi connectivity index (χ1) is 9.24. The molecule has 0 aliphatic rings. The minimum absolute atomic E-state index is 0.0833. The SMILES string of the molecule is CCc1nsc(SC(CC)C(=O)c2ccccc2)n1. The third kappa shape index (κ3) is 3.64. The van der Waals surface area contributed by atoms with Crippen molar-refractivity contribution < 1.29 is 4.79 Å². The Morgan fingerprint density at radius 1 is 1.32 bits per heavy atom. The van der Waals surface area contributed by atoms with Crippen molar-refractivity contribution in [3.63, 3.8) is 0 Å². The Kier molecular flexibility index (Phi) is 5.10. The molecule has 1 heterocycles. The second-order valence-corrected chi connectivity index (χ2v) is 6.28. The molecule has 0 spiro atoms. The number of ketones is 1. The van der Waals surface area contributed by atoms with E-state index in [2.05, 4.69) is 9.36 Å². The summed E-state index contributed by atoms with van der Waals surface area (Å²) in [7, 11) is 0. The lowest BCUT2D eigenvalue weighted by Gasteiger charge is -2.11. The van der Waals surface area contributed by atoms with Gasteiger partial charge in [0.25, 0.3) is 0 Å². The number of Topliss-reactive ketones (excluding diaryl/α,β-unsaturated/α-hetero) is 1. The Bertz CT molecular complexity index is 539. The fourth-order valence-corrected chi connectivity index (χ4v) is 3.60. The Balaban J connectivity index is 2.10. The molecular weight excluding hydrogens is 276 g/mol. The highest BCUT2D eigenvalue weighted by Crippen LogP contribution is 2.29. The maximum atomic E-state index is 12.4. The number of hydrogen-bond donors (Lipinski definition) is 0. The van der Waals surface area contributed by atoms with Crippen molar-refractivity contribution in [2.45, 2.75) is 36.3 Å². The van der Waals surface area contributed by atoms with Gasteiger partial charge < -0.3 is 0 Å². The molecule has 1 aromatic carbocycles. The zero-order valence-electron chi connectivity index (χ0n) is 11.0. The smallest absolute Gasteiger partial charge is 0.176 e. The van der Waals surface area contributed by atoms with Crippen LogP contribution in [0, 0.1) is 0 Å². The van der Waals surface area contributed by atoms with E-state index in [1.807, 2.05) is 44.2 Å². The van der Waals surface area contributed by atoms with Gasteiger partial charge in [-0.3, -0.25) is 4.79 Å². The fraction of sp³-hybridized carbons (Fsp3) is 0.357. The number of nitrogens with zero attached hydrogens (tertiary/aromatic N) is 2. The monoisotopic (exact) mass is 292 g/mol. The zero-order chi connectivity index (χ0) is 13.7. The molecule has 1 atom stereocenters. The molecule has 0 saturated heterocycles. The molecule has 0 bridgehead atoms. The average molecular weight is 292 g/mol. The van der Waals surface area contributed by atoms with E-state index in [-0.39, 0.29) is 11.0 Å². The molecule has 1 unspecified atom stereocenters. The molecule has 0 fully saturated rings. The topological polar surface area (TPSA) is 42.9 Å². The molecule has 0 aliphatic carbocycles. The summed E-state index contributed by atoms with van der Waals surface area (Å²) in [5.74, 6) is 1.02. The summed E-state index contributed by atoms with van der Waals surface area (Å²) < 4.78 is 5.13. The molecule has 0 N–H and O–H groups in total. The Hall–Kier alpha value is -1.20. The van der Waals surface area contributed by atoms with Crippen LogP contribution in [0.2, 0.25) is 0 Å². The highest BCUT2D eigenvalue weighted by Gasteiger charge is 2.21. The summed E-state index contributed by atoms with van der Waals surface area (Å²) in [6.07, 6.45) is 1.62. The maximum absolute atomic E-state index is 12.4. The third-order valence-electron chi connectivity index (χ3n) is 2.73. The molecular formula is C14H16N2OS2. The first-order valence-electron chi connectivity index (χ1n) is 6.33. The summed E-state index contributed by atoms with van der Waals surface area (Å²) in [5.41, 5.74) is 0.766. The van der Waals surface area contributed by atoms with Crippen LogP contribution in [0.4, 0.5) is 0 Å². The van der Waals surface area contributed by atoms with Gasteiger partial charge in [0.2, 0.25) is 0 Å². The van der Waals surface area contributed by atoms with Crippen LogP contribution in [-0.4, -0.2) is 20.4 Å². The van der Waals surface area contributed by atoms with Gasteiger partial charge >= 0.3 is 0 Å². The van der Waals surface area contributed by atoms with Gasteiger partial charge in [-0.05, 0) is 18.0 Å². The van der Waals surface area contributed by atoms with Crippen molar-refractivity contribution in [1.82, 2.24) is 9.36 Å². The Morgan fingerprint density at radius 3 is 2.63 bits per heavy atom. The van der Waals surface area contributed by atoms with Crippen molar-refractivity contribution in [2.24, 2.45) is 0 Å². The molecule has 100 valence electrons. The van der Waals surface area contributed by atoms with E-state index in [1.165, 1.54) is 23.3 Å². The predicted octanol–water partition coefficient (Wildman–Crippen LogP) is 3.85. The van der Waals surface area contributed by atoms with Gasteiger partial charge in [0.15, 0.2) is 10.1 Å². The average Bonchev–Trinajstić information content (AvgIpc) is 2.92. The number of benzene rings is 1. The van der Waals surface area contributed by atoms with Crippen LogP contribution in [0.3, 0.4) is 0 Å². The van der Waals surface area contributed by atoms with Crippen LogP contribution in [0.5, 0.6) is 0 Å². The fourth-order valence-electron chi connectivity index (χ4n) is 1.66. The van der Waals surface area contributed by atoms with Crippen LogP contribution in [0.1, 0.15) is 36.5 Å². The van der Waals surface area contributed by atoms with Crippen molar-refractivity contribution in [2.75, 3.05) is 0 Å². The first kappa shape index (κ1) is 14.2. The van der Waals surface area contributed by atoms with Crippen molar-refractivity contribution in [3.05, 3.63) is 41.7 Å². The quantitative estimate of drug-likeness (QED) is 0.599. The lowest BCUT2D eigenvalue weighted by atomic mass is 10.1. The van der Waals surface area contributed by atoms with Gasteiger partial charge in [-0.1, -0.05) is 55.9 Å². The van der Waals surface area contributed by atoms with Gasteiger partial charge in [0.05, 0.1) is 5.25 Å². The number of aryl methyl sites for hydroxylation is 1. The number of carbonyl (C=O) groups is 1. The van der Waals surface area contributed by atoms with E-state index < -0.39 is 0 Å². The van der Waals surface area contributed by atoms with E-state index in [1.54, 1.807) is 0 Å². The van der Waals surface area contributed by atoms with E-state index >= 15 is 0 Å². The van der Waals surface area contributed by atoms with Gasteiger partial charge in [0.1, 0.15) is 5.82 Å². The zero-order valence-corrected chi connectivity index (χ0v) is 12.6. The highest BCUT2D eigenvalue weighted by atomic mass is 32.2. The standard InChI is InChI=1S/C14H16N2OS2/c1-3-11(13(17)10-8-6-5-7-9-10)18-14-15-12(4-2)16-19-14/h5-9,11H,3-4H2,1-2H3. The molecule has 3 nitrogen and oxygen atoms in total. The Labute approximate surface area is 121 Å². The number of hydrogen-bond acceptors (Lipinski definition) is 5. The second-order valence-electron chi connectivity index (χ2n) is 4.08. The van der Waals surface area contributed by atoms with Crippen LogP contribution in [0.25, 0.3) is 0 Å². The summed E-state index contributed by atoms with van der Waals surface area (Å²) in [4.78, 5) is 16.8. The normalized spacial score (nSPS) is 12.3. The first-order valence-corrected chi connectivity index (χ1v) is 7.98. The van der Waals surface area contributed by atoms with Crippen LogP contribution in [-0.2, 0) is 6.42 Å². The summed E-state index contributed by atoms with van der Waals surface area (Å²) in [6, 6.07) is 9.44.